The van der Waals surface area contributed by atoms with Gasteiger partial charge in [0, 0.05) is 36.7 Å². The van der Waals surface area contributed by atoms with Crippen molar-refractivity contribution in [3.05, 3.63) is 70.9 Å². The maximum atomic E-state index is 13.1. The van der Waals surface area contributed by atoms with Crippen molar-refractivity contribution in [2.75, 3.05) is 23.9 Å². The first-order valence-corrected chi connectivity index (χ1v) is 9.86. The van der Waals surface area contributed by atoms with Crippen molar-refractivity contribution in [2.24, 2.45) is 7.05 Å². The number of nitrogens with one attached hydrogen (secondary N) is 1. The van der Waals surface area contributed by atoms with E-state index in [1.165, 1.54) is 22.9 Å². The number of fused-ring (bicyclic) bond motifs is 1. The van der Waals surface area contributed by atoms with Crippen molar-refractivity contribution >= 4 is 23.2 Å². The number of carbonyl (C=O) groups excluding carboxylic acids is 2. The van der Waals surface area contributed by atoms with Crippen molar-refractivity contribution in [3.63, 3.8) is 0 Å². The van der Waals surface area contributed by atoms with Crippen LogP contribution in [0, 0.1) is 6.92 Å². The average Bonchev–Trinajstić information content (AvgIpc) is 3.14. The van der Waals surface area contributed by atoms with E-state index in [-0.39, 0.29) is 17.7 Å². The van der Waals surface area contributed by atoms with Gasteiger partial charge in [-0.15, -0.1) is 5.10 Å². The number of hydrogen-bond acceptors (Lipinski definition) is 4. The summed E-state index contributed by atoms with van der Waals surface area (Å²) in [5, 5.41) is 6.90. The molecule has 0 bridgehead atoms. The summed E-state index contributed by atoms with van der Waals surface area (Å²) in [6.45, 7) is 2.77. The van der Waals surface area contributed by atoms with Gasteiger partial charge >= 0.3 is 0 Å². The SMILES string of the molecule is COc1nn(C)cc1C(=O)Nc1ccc(C(=O)N2CCCc3cc(C)ccc32)cc1. The number of carbonyl (C=O) groups is 2. The van der Waals surface area contributed by atoms with Gasteiger partial charge in [-0.2, -0.15) is 0 Å². The molecule has 0 fully saturated rings. The molecular formula is C23H24N4O3. The molecule has 0 radical (unpaired) electrons. The Hall–Kier alpha value is -3.61. The first kappa shape index (κ1) is 19.7. The normalized spacial score (nSPS) is 13.0. The molecular weight excluding hydrogens is 380 g/mol. The summed E-state index contributed by atoms with van der Waals surface area (Å²) in [5.41, 5.74) is 4.92. The smallest absolute Gasteiger partial charge is 0.262 e. The summed E-state index contributed by atoms with van der Waals surface area (Å²) in [7, 11) is 3.19. The molecule has 1 aliphatic rings. The minimum atomic E-state index is -0.320. The fourth-order valence-electron chi connectivity index (χ4n) is 3.76. The van der Waals surface area contributed by atoms with Crippen molar-refractivity contribution in [1.29, 1.82) is 0 Å². The molecule has 0 saturated carbocycles. The molecule has 0 unspecified atom stereocenters. The molecule has 0 atom stereocenters. The number of aromatic nitrogens is 2. The third-order valence-electron chi connectivity index (χ3n) is 5.22. The van der Waals surface area contributed by atoms with Crippen LogP contribution < -0.4 is 15.0 Å². The van der Waals surface area contributed by atoms with Crippen LogP contribution in [0.15, 0.2) is 48.7 Å². The summed E-state index contributed by atoms with van der Waals surface area (Å²) in [6.07, 6.45) is 3.54. The quantitative estimate of drug-likeness (QED) is 0.721. The third-order valence-corrected chi connectivity index (χ3v) is 5.22. The van der Waals surface area contributed by atoms with Gasteiger partial charge < -0.3 is 15.0 Å². The zero-order valence-corrected chi connectivity index (χ0v) is 17.3. The highest BCUT2D eigenvalue weighted by molar-refractivity contribution is 6.08. The van der Waals surface area contributed by atoms with E-state index in [0.29, 0.717) is 23.4 Å². The van der Waals surface area contributed by atoms with Gasteiger partial charge in [0.05, 0.1) is 7.11 Å². The van der Waals surface area contributed by atoms with Crippen molar-refractivity contribution < 1.29 is 14.3 Å². The lowest BCUT2D eigenvalue weighted by molar-refractivity contribution is 0.0984. The molecule has 2 heterocycles. The second kappa shape index (κ2) is 8.02. The Morgan fingerprint density at radius 1 is 1.13 bits per heavy atom. The Labute approximate surface area is 175 Å². The molecule has 4 rings (SSSR count). The zero-order valence-electron chi connectivity index (χ0n) is 17.3. The monoisotopic (exact) mass is 404 g/mol. The van der Waals surface area contributed by atoms with Gasteiger partial charge in [0.2, 0.25) is 5.88 Å². The van der Waals surface area contributed by atoms with E-state index in [2.05, 4.69) is 23.4 Å². The van der Waals surface area contributed by atoms with Gasteiger partial charge in [-0.05, 0) is 55.7 Å². The Bertz CT molecular complexity index is 1100. The van der Waals surface area contributed by atoms with E-state index in [1.807, 2.05) is 17.0 Å². The van der Waals surface area contributed by atoms with E-state index < -0.39 is 0 Å². The van der Waals surface area contributed by atoms with E-state index in [4.69, 9.17) is 4.74 Å². The molecule has 154 valence electrons. The summed E-state index contributed by atoms with van der Waals surface area (Å²) in [4.78, 5) is 27.5. The number of anilines is 2. The number of rotatable bonds is 4. The first-order chi connectivity index (χ1) is 14.5. The van der Waals surface area contributed by atoms with Crippen LogP contribution in [0.3, 0.4) is 0 Å². The topological polar surface area (TPSA) is 76.5 Å². The predicted octanol–water partition coefficient (Wildman–Crippen LogP) is 3.58. The summed E-state index contributed by atoms with van der Waals surface area (Å²) in [5.74, 6) is -0.0910. The average molecular weight is 404 g/mol. The highest BCUT2D eigenvalue weighted by Gasteiger charge is 2.24. The lowest BCUT2D eigenvalue weighted by atomic mass is 9.99. The van der Waals surface area contributed by atoms with Crippen LogP contribution in [-0.4, -0.2) is 35.2 Å². The fraction of sp³-hybridized carbons (Fsp3) is 0.261. The second-order valence-corrected chi connectivity index (χ2v) is 7.45. The predicted molar refractivity (Wildman–Crippen MR) is 115 cm³/mol. The zero-order chi connectivity index (χ0) is 21.3. The summed E-state index contributed by atoms with van der Waals surface area (Å²) in [6, 6.07) is 13.2. The number of amides is 2. The first-order valence-electron chi connectivity index (χ1n) is 9.86. The molecule has 1 N–H and O–H groups in total. The van der Waals surface area contributed by atoms with E-state index in [0.717, 1.165) is 18.5 Å². The minimum Gasteiger partial charge on any atom is -0.479 e. The van der Waals surface area contributed by atoms with Crippen molar-refractivity contribution in [1.82, 2.24) is 9.78 Å². The van der Waals surface area contributed by atoms with Crippen molar-refractivity contribution in [2.45, 2.75) is 19.8 Å². The van der Waals surface area contributed by atoms with Crippen LogP contribution in [-0.2, 0) is 13.5 Å². The number of ether oxygens (including phenoxy) is 1. The molecule has 30 heavy (non-hydrogen) atoms. The number of nitrogens with zero attached hydrogens (tertiary/aromatic N) is 3. The Kier molecular flexibility index (Phi) is 5.27. The van der Waals surface area contributed by atoms with Crippen LogP contribution in [0.2, 0.25) is 0 Å². The lowest BCUT2D eigenvalue weighted by Gasteiger charge is -2.30. The van der Waals surface area contributed by atoms with Crippen LogP contribution >= 0.6 is 0 Å². The largest absolute Gasteiger partial charge is 0.479 e. The molecule has 1 aliphatic heterocycles. The highest BCUT2D eigenvalue weighted by Crippen LogP contribution is 2.29. The van der Waals surface area contributed by atoms with Crippen LogP contribution in [0.5, 0.6) is 5.88 Å². The van der Waals surface area contributed by atoms with Gasteiger partial charge in [0.25, 0.3) is 11.8 Å². The van der Waals surface area contributed by atoms with Gasteiger partial charge in [0.1, 0.15) is 5.56 Å². The number of benzene rings is 2. The lowest BCUT2D eigenvalue weighted by Crippen LogP contribution is -2.35. The third kappa shape index (κ3) is 3.78. The van der Waals surface area contributed by atoms with E-state index in [1.54, 1.807) is 37.5 Å². The van der Waals surface area contributed by atoms with Gasteiger partial charge in [0.15, 0.2) is 0 Å². The molecule has 3 aromatic rings. The molecule has 7 nitrogen and oxygen atoms in total. The molecule has 2 aromatic carbocycles. The number of hydrogen-bond donors (Lipinski definition) is 1. The Morgan fingerprint density at radius 2 is 1.90 bits per heavy atom. The maximum Gasteiger partial charge on any atom is 0.262 e. The molecule has 0 saturated heterocycles. The molecule has 1 aromatic heterocycles. The number of methoxy groups -OCH3 is 1. The minimum absolute atomic E-state index is 0.0355. The van der Waals surface area contributed by atoms with Crippen LogP contribution in [0.25, 0.3) is 0 Å². The fourth-order valence-corrected chi connectivity index (χ4v) is 3.76. The standard InChI is InChI=1S/C23H24N4O3/c1-15-6-11-20-17(13-15)5-4-12-27(20)23(29)16-7-9-18(10-8-16)24-21(28)19-14-26(2)25-22(19)30-3/h6-11,13-14H,4-5,12H2,1-3H3,(H,24,28). The van der Waals surface area contributed by atoms with Crippen LogP contribution in [0.4, 0.5) is 11.4 Å². The van der Waals surface area contributed by atoms with Gasteiger partial charge in [-0.25, -0.2) is 0 Å². The van der Waals surface area contributed by atoms with Gasteiger partial charge in [-0.1, -0.05) is 17.7 Å². The van der Waals surface area contributed by atoms with Crippen LogP contribution in [0.1, 0.15) is 38.3 Å². The summed E-state index contributed by atoms with van der Waals surface area (Å²) < 4.78 is 6.66. The summed E-state index contributed by atoms with van der Waals surface area (Å²) >= 11 is 0. The molecule has 0 spiro atoms. The van der Waals surface area contributed by atoms with E-state index >= 15 is 0 Å². The molecule has 0 aliphatic carbocycles. The van der Waals surface area contributed by atoms with E-state index in [9.17, 15) is 9.59 Å². The molecule has 2 amide bonds. The Morgan fingerprint density at radius 3 is 2.63 bits per heavy atom. The van der Waals surface area contributed by atoms with Crippen molar-refractivity contribution in [3.8, 4) is 5.88 Å². The molecule has 7 heteroatoms. The Balaban J connectivity index is 1.50. The highest BCUT2D eigenvalue weighted by atomic mass is 16.5. The number of aryl methyl sites for hydroxylation is 3. The second-order valence-electron chi connectivity index (χ2n) is 7.45. The van der Waals surface area contributed by atoms with Gasteiger partial charge in [-0.3, -0.25) is 14.3 Å². The maximum absolute atomic E-state index is 13.1.